The second-order valence-corrected chi connectivity index (χ2v) is 9.80. The van der Waals surface area contributed by atoms with Crippen molar-refractivity contribution < 1.29 is 9.47 Å². The number of pyridine rings is 1. The molecule has 7 heteroatoms. The Morgan fingerprint density at radius 2 is 1.54 bits per heavy atom. The average Bonchev–Trinajstić information content (AvgIpc) is 3.59. The Bertz CT molecular complexity index is 1580. The third kappa shape index (κ3) is 4.96. The maximum Gasteiger partial charge on any atom is 0.174 e. The summed E-state index contributed by atoms with van der Waals surface area (Å²) in [5.41, 5.74) is 5.33. The zero-order valence-corrected chi connectivity index (χ0v) is 22.5. The molecule has 5 aromatic rings. The Morgan fingerprint density at radius 1 is 0.795 bits per heavy atom. The van der Waals surface area contributed by atoms with E-state index in [4.69, 9.17) is 21.7 Å². The van der Waals surface area contributed by atoms with Crippen LogP contribution in [-0.4, -0.2) is 21.8 Å². The van der Waals surface area contributed by atoms with Gasteiger partial charge in [-0.15, -0.1) is 0 Å². The van der Waals surface area contributed by atoms with Crippen LogP contribution in [0.2, 0.25) is 0 Å². The van der Waals surface area contributed by atoms with Crippen LogP contribution in [0.1, 0.15) is 29.0 Å². The second kappa shape index (κ2) is 10.6. The lowest BCUT2D eigenvalue weighted by atomic mass is 10.0. The number of aromatic nitrogens is 2. The molecule has 0 aliphatic carbocycles. The van der Waals surface area contributed by atoms with Crippen LogP contribution in [0.3, 0.4) is 0 Å². The molecule has 194 valence electrons. The molecule has 2 atom stereocenters. The summed E-state index contributed by atoms with van der Waals surface area (Å²) in [6, 6.07) is 34.0. The smallest absolute Gasteiger partial charge is 0.174 e. The van der Waals surface area contributed by atoms with Gasteiger partial charge in [-0.1, -0.05) is 18.2 Å². The molecule has 39 heavy (non-hydrogen) atoms. The van der Waals surface area contributed by atoms with E-state index in [0.717, 1.165) is 40.0 Å². The summed E-state index contributed by atoms with van der Waals surface area (Å²) in [4.78, 5) is 6.86. The largest absolute Gasteiger partial charge is 0.497 e. The van der Waals surface area contributed by atoms with Gasteiger partial charge in [-0.25, -0.2) is 0 Å². The van der Waals surface area contributed by atoms with Gasteiger partial charge in [0.2, 0.25) is 0 Å². The molecule has 0 amide bonds. The van der Waals surface area contributed by atoms with Crippen molar-refractivity contribution in [2.24, 2.45) is 0 Å². The monoisotopic (exact) mass is 532 g/mol. The van der Waals surface area contributed by atoms with Crippen LogP contribution in [0.15, 0.2) is 116 Å². The Balaban J connectivity index is 1.37. The quantitative estimate of drug-likeness (QED) is 0.225. The van der Waals surface area contributed by atoms with E-state index in [1.54, 1.807) is 7.11 Å². The van der Waals surface area contributed by atoms with Gasteiger partial charge in [-0.05, 0) is 110 Å². The summed E-state index contributed by atoms with van der Waals surface area (Å²) in [7, 11) is 1.65. The number of nitrogens with zero attached hydrogens (tertiary/aromatic N) is 3. The van der Waals surface area contributed by atoms with Crippen molar-refractivity contribution in [1.82, 2.24) is 14.9 Å². The molecule has 0 radical (unpaired) electrons. The highest BCUT2D eigenvalue weighted by atomic mass is 32.1. The number of benzene rings is 3. The maximum absolute atomic E-state index is 6.06. The number of nitrogens with one attached hydrogen (secondary N) is 1. The molecule has 1 aliphatic rings. The van der Waals surface area contributed by atoms with Crippen molar-refractivity contribution in [3.05, 3.63) is 132 Å². The van der Waals surface area contributed by atoms with Crippen LogP contribution >= 0.6 is 12.2 Å². The molecular formula is C32H28N4O2S. The number of thiocarbonyl (C=S) groups is 1. The second-order valence-electron chi connectivity index (χ2n) is 9.41. The molecule has 1 saturated heterocycles. The predicted molar refractivity (Wildman–Crippen MR) is 158 cm³/mol. The van der Waals surface area contributed by atoms with Crippen LogP contribution < -0.4 is 19.7 Å². The van der Waals surface area contributed by atoms with Crippen LogP contribution in [0, 0.1) is 6.92 Å². The van der Waals surface area contributed by atoms with Gasteiger partial charge in [0.05, 0.1) is 18.8 Å². The van der Waals surface area contributed by atoms with Crippen molar-refractivity contribution in [2.45, 2.75) is 19.0 Å². The van der Waals surface area contributed by atoms with Crippen molar-refractivity contribution in [3.8, 4) is 22.9 Å². The van der Waals surface area contributed by atoms with Gasteiger partial charge in [0.15, 0.2) is 5.11 Å². The van der Waals surface area contributed by atoms with Gasteiger partial charge < -0.3 is 24.3 Å². The van der Waals surface area contributed by atoms with Gasteiger partial charge in [-0.3, -0.25) is 4.98 Å². The van der Waals surface area contributed by atoms with E-state index in [1.165, 1.54) is 5.56 Å². The average molecular weight is 533 g/mol. The Morgan fingerprint density at radius 3 is 2.23 bits per heavy atom. The van der Waals surface area contributed by atoms with Crippen LogP contribution in [0.5, 0.6) is 17.2 Å². The summed E-state index contributed by atoms with van der Waals surface area (Å²) >= 11 is 5.93. The topological polar surface area (TPSA) is 51.6 Å². The molecule has 0 unspecified atom stereocenters. The van der Waals surface area contributed by atoms with E-state index in [-0.39, 0.29) is 12.1 Å². The van der Waals surface area contributed by atoms with Crippen LogP contribution in [-0.2, 0) is 0 Å². The minimum absolute atomic E-state index is 0.128. The zero-order chi connectivity index (χ0) is 26.8. The predicted octanol–water partition coefficient (Wildman–Crippen LogP) is 7.16. The number of hydrogen-bond acceptors (Lipinski definition) is 4. The Hall–Kier alpha value is -4.62. The highest BCUT2D eigenvalue weighted by molar-refractivity contribution is 7.80. The minimum Gasteiger partial charge on any atom is -0.497 e. The maximum atomic E-state index is 6.06. The normalized spacial score (nSPS) is 16.7. The number of hydrogen-bond donors (Lipinski definition) is 1. The first kappa shape index (κ1) is 24.7. The SMILES string of the molecule is COc1ccc(Oc2ccc(N3C(=S)N[C@@H](c4ccccn4)[C@H]3c3cccn3-c3cccc(C)c3)cc2)cc1. The van der Waals surface area contributed by atoms with E-state index < -0.39 is 0 Å². The fraction of sp³-hybridized carbons (Fsp3) is 0.125. The zero-order valence-electron chi connectivity index (χ0n) is 21.7. The summed E-state index contributed by atoms with van der Waals surface area (Å²) in [5, 5.41) is 4.20. The number of aryl methyl sites for hydroxylation is 1. The molecule has 3 heterocycles. The number of anilines is 1. The summed E-state index contributed by atoms with van der Waals surface area (Å²) in [6.45, 7) is 2.11. The number of ether oxygens (including phenoxy) is 2. The lowest BCUT2D eigenvalue weighted by Gasteiger charge is -2.29. The van der Waals surface area contributed by atoms with Gasteiger partial charge in [0, 0.05) is 29.5 Å². The molecule has 1 N–H and O–H groups in total. The first-order chi connectivity index (χ1) is 19.1. The standard InChI is InChI=1S/C32H28N4O2S/c1-22-7-5-8-24(21-22)35-20-6-10-29(35)31-30(28-9-3-4-19-33-28)34-32(39)36(31)23-11-13-26(14-12-23)38-27-17-15-25(37-2)16-18-27/h3-21,30-31H,1-2H3,(H,34,39)/t30-,31+/m0/s1. The summed E-state index contributed by atoms with van der Waals surface area (Å²) < 4.78 is 13.5. The summed E-state index contributed by atoms with van der Waals surface area (Å²) in [5.74, 6) is 2.27. The molecule has 6 rings (SSSR count). The molecular weight excluding hydrogens is 504 g/mol. The first-order valence-corrected chi connectivity index (χ1v) is 13.2. The fourth-order valence-corrected chi connectivity index (χ4v) is 5.38. The lowest BCUT2D eigenvalue weighted by molar-refractivity contribution is 0.413. The van der Waals surface area contributed by atoms with Gasteiger partial charge in [-0.2, -0.15) is 0 Å². The van der Waals surface area contributed by atoms with E-state index in [1.807, 2.05) is 72.9 Å². The van der Waals surface area contributed by atoms with Crippen molar-refractivity contribution in [3.63, 3.8) is 0 Å². The van der Waals surface area contributed by atoms with Crippen molar-refractivity contribution in [2.75, 3.05) is 12.0 Å². The molecule has 1 aliphatic heterocycles. The minimum atomic E-state index is -0.132. The third-order valence-electron chi connectivity index (χ3n) is 6.87. The highest BCUT2D eigenvalue weighted by Crippen LogP contribution is 2.42. The van der Waals surface area contributed by atoms with E-state index in [2.05, 4.69) is 69.3 Å². The van der Waals surface area contributed by atoms with Crippen LogP contribution in [0.25, 0.3) is 5.69 Å². The van der Waals surface area contributed by atoms with Crippen LogP contribution in [0.4, 0.5) is 5.69 Å². The Kier molecular flexibility index (Phi) is 6.73. The van der Waals surface area contributed by atoms with Gasteiger partial charge in [0.25, 0.3) is 0 Å². The van der Waals surface area contributed by atoms with E-state index in [0.29, 0.717) is 5.11 Å². The molecule has 0 bridgehead atoms. The van der Waals surface area contributed by atoms with Crippen molar-refractivity contribution in [1.29, 1.82) is 0 Å². The van der Waals surface area contributed by atoms with Gasteiger partial charge >= 0.3 is 0 Å². The fourth-order valence-electron chi connectivity index (χ4n) is 5.04. The number of methoxy groups -OCH3 is 1. The Labute approximate surface area is 233 Å². The van der Waals surface area contributed by atoms with E-state index >= 15 is 0 Å². The van der Waals surface area contributed by atoms with Gasteiger partial charge in [0.1, 0.15) is 23.3 Å². The molecule has 2 aromatic heterocycles. The molecule has 0 spiro atoms. The van der Waals surface area contributed by atoms with Crippen molar-refractivity contribution >= 4 is 23.0 Å². The molecule has 3 aromatic carbocycles. The number of rotatable bonds is 7. The third-order valence-corrected chi connectivity index (χ3v) is 7.19. The molecule has 6 nitrogen and oxygen atoms in total. The first-order valence-electron chi connectivity index (χ1n) is 12.8. The molecule has 1 fully saturated rings. The summed E-state index contributed by atoms with van der Waals surface area (Å²) in [6.07, 6.45) is 3.93. The van der Waals surface area contributed by atoms with E-state index in [9.17, 15) is 0 Å². The molecule has 0 saturated carbocycles. The highest BCUT2D eigenvalue weighted by Gasteiger charge is 2.42. The lowest BCUT2D eigenvalue weighted by Crippen LogP contribution is -2.30.